The smallest absolute Gasteiger partial charge is 0.323 e. The molecule has 3 N–H and O–H groups in total. The molecule has 102 valence electrons. The highest BCUT2D eigenvalue weighted by molar-refractivity contribution is 5.98. The van der Waals surface area contributed by atoms with Gasteiger partial charge in [-0.05, 0) is 37.1 Å². The molecular weight excluding hydrogens is 248 g/mol. The van der Waals surface area contributed by atoms with Crippen molar-refractivity contribution in [2.45, 2.75) is 13.8 Å². The van der Waals surface area contributed by atoms with E-state index in [1.165, 1.54) is 0 Å². The van der Waals surface area contributed by atoms with Crippen molar-refractivity contribution in [3.05, 3.63) is 34.9 Å². The summed E-state index contributed by atoms with van der Waals surface area (Å²) in [6.07, 6.45) is 0. The van der Waals surface area contributed by atoms with Crippen LogP contribution in [0, 0.1) is 13.8 Å². The molecule has 1 rings (SSSR count). The summed E-state index contributed by atoms with van der Waals surface area (Å²) in [7, 11) is 0. The average molecular weight is 264 g/mol. The van der Waals surface area contributed by atoms with Gasteiger partial charge in [0.2, 0.25) is 5.91 Å². The minimum Gasteiger partial charge on any atom is -0.480 e. The number of rotatable bonds is 5. The molecule has 19 heavy (non-hydrogen) atoms. The van der Waals surface area contributed by atoms with Gasteiger partial charge in [-0.15, -0.1) is 0 Å². The zero-order valence-electron chi connectivity index (χ0n) is 10.8. The molecule has 0 unspecified atom stereocenters. The van der Waals surface area contributed by atoms with E-state index in [9.17, 15) is 14.4 Å². The average Bonchev–Trinajstić information content (AvgIpc) is 2.29. The third kappa shape index (κ3) is 4.09. The zero-order chi connectivity index (χ0) is 14.6. The Morgan fingerprint density at radius 2 is 1.79 bits per heavy atom. The van der Waals surface area contributed by atoms with E-state index in [-0.39, 0.29) is 0 Å². The minimum atomic E-state index is -1.20. The van der Waals surface area contributed by atoms with Gasteiger partial charge in [-0.25, -0.2) is 0 Å². The Morgan fingerprint density at radius 1 is 1.16 bits per heavy atom. The lowest BCUT2D eigenvalue weighted by molar-refractivity contribution is -0.138. The van der Waals surface area contributed by atoms with Gasteiger partial charge in [-0.2, -0.15) is 0 Å². The highest BCUT2D eigenvalue weighted by Gasteiger charge is 2.20. The van der Waals surface area contributed by atoms with Crippen LogP contribution >= 0.6 is 0 Å². The SMILES string of the molecule is Cc1ccc(C(=O)N(CC(N)=O)CC(=O)O)cc1C. The maximum Gasteiger partial charge on any atom is 0.323 e. The number of benzene rings is 1. The fourth-order valence-corrected chi connectivity index (χ4v) is 1.61. The van der Waals surface area contributed by atoms with Gasteiger partial charge >= 0.3 is 5.97 Å². The van der Waals surface area contributed by atoms with E-state index in [0.29, 0.717) is 5.56 Å². The summed E-state index contributed by atoms with van der Waals surface area (Å²) in [5, 5.41) is 8.75. The summed E-state index contributed by atoms with van der Waals surface area (Å²) in [6.45, 7) is 2.77. The number of hydrogen-bond acceptors (Lipinski definition) is 3. The van der Waals surface area contributed by atoms with Crippen molar-refractivity contribution in [1.29, 1.82) is 0 Å². The standard InChI is InChI=1S/C13H16N2O4/c1-8-3-4-10(5-9(8)2)13(19)15(6-11(14)16)7-12(17)18/h3-5H,6-7H2,1-2H3,(H2,14,16)(H,17,18). The predicted molar refractivity (Wildman–Crippen MR) is 68.6 cm³/mol. The van der Waals surface area contributed by atoms with Gasteiger partial charge in [0, 0.05) is 5.56 Å². The molecule has 0 radical (unpaired) electrons. The van der Waals surface area contributed by atoms with E-state index < -0.39 is 30.9 Å². The molecule has 0 atom stereocenters. The zero-order valence-corrected chi connectivity index (χ0v) is 10.8. The Balaban J connectivity index is 3.00. The number of primary amides is 1. The maximum absolute atomic E-state index is 12.1. The third-order valence-electron chi connectivity index (χ3n) is 2.71. The van der Waals surface area contributed by atoms with Gasteiger partial charge in [0.1, 0.15) is 13.1 Å². The lowest BCUT2D eigenvalue weighted by atomic mass is 10.1. The van der Waals surface area contributed by atoms with Crippen molar-refractivity contribution in [3.63, 3.8) is 0 Å². The fraction of sp³-hybridized carbons (Fsp3) is 0.308. The van der Waals surface area contributed by atoms with Crippen LogP contribution in [0.1, 0.15) is 21.5 Å². The molecule has 1 aromatic carbocycles. The Kier molecular flexibility index (Phi) is 4.63. The Bertz CT molecular complexity index is 509. The monoisotopic (exact) mass is 264 g/mol. The van der Waals surface area contributed by atoms with E-state index in [2.05, 4.69) is 0 Å². The van der Waals surface area contributed by atoms with Gasteiger partial charge in [0.15, 0.2) is 0 Å². The highest BCUT2D eigenvalue weighted by Crippen LogP contribution is 2.12. The molecular formula is C13H16N2O4. The molecule has 0 aliphatic rings. The maximum atomic E-state index is 12.1. The Labute approximate surface area is 110 Å². The van der Waals surface area contributed by atoms with Gasteiger partial charge in [-0.3, -0.25) is 14.4 Å². The summed E-state index contributed by atoms with van der Waals surface area (Å²) in [6, 6.07) is 5.03. The summed E-state index contributed by atoms with van der Waals surface area (Å²) in [5.41, 5.74) is 7.29. The summed E-state index contributed by atoms with van der Waals surface area (Å²) in [4.78, 5) is 34.6. The van der Waals surface area contributed by atoms with Crippen molar-refractivity contribution in [2.75, 3.05) is 13.1 Å². The van der Waals surface area contributed by atoms with Crippen LogP contribution in [0.5, 0.6) is 0 Å². The van der Waals surface area contributed by atoms with Crippen molar-refractivity contribution in [2.24, 2.45) is 5.73 Å². The predicted octanol–water partition coefficient (Wildman–Crippen LogP) is 0.316. The van der Waals surface area contributed by atoms with Crippen LogP contribution < -0.4 is 5.73 Å². The molecule has 1 aromatic rings. The van der Waals surface area contributed by atoms with Crippen LogP contribution in [-0.2, 0) is 9.59 Å². The van der Waals surface area contributed by atoms with E-state index >= 15 is 0 Å². The first-order valence-corrected chi connectivity index (χ1v) is 5.68. The molecule has 0 spiro atoms. The van der Waals surface area contributed by atoms with Crippen molar-refractivity contribution in [1.82, 2.24) is 4.90 Å². The van der Waals surface area contributed by atoms with Crippen LogP contribution in [0.3, 0.4) is 0 Å². The molecule has 0 aliphatic carbocycles. The largest absolute Gasteiger partial charge is 0.480 e. The molecule has 0 aromatic heterocycles. The first-order chi connectivity index (χ1) is 8.81. The Hall–Kier alpha value is -2.37. The van der Waals surface area contributed by atoms with Gasteiger partial charge in [0.05, 0.1) is 0 Å². The molecule has 6 heteroatoms. The number of carboxylic acid groups (broad SMARTS) is 1. The number of nitrogens with two attached hydrogens (primary N) is 1. The number of carbonyl (C=O) groups excluding carboxylic acids is 2. The molecule has 0 aliphatic heterocycles. The van der Waals surface area contributed by atoms with E-state index in [1.54, 1.807) is 18.2 Å². The highest BCUT2D eigenvalue weighted by atomic mass is 16.4. The van der Waals surface area contributed by atoms with Crippen LogP contribution in [0.2, 0.25) is 0 Å². The molecule has 0 saturated carbocycles. The normalized spacial score (nSPS) is 10.0. The number of hydrogen-bond donors (Lipinski definition) is 2. The lowest BCUT2D eigenvalue weighted by Crippen LogP contribution is -2.41. The van der Waals surface area contributed by atoms with Crippen molar-refractivity contribution in [3.8, 4) is 0 Å². The van der Waals surface area contributed by atoms with E-state index in [1.807, 2.05) is 13.8 Å². The van der Waals surface area contributed by atoms with Crippen LogP contribution in [0.15, 0.2) is 18.2 Å². The second-order valence-corrected chi connectivity index (χ2v) is 4.32. The number of carbonyl (C=O) groups is 3. The molecule has 6 nitrogen and oxygen atoms in total. The van der Waals surface area contributed by atoms with Gasteiger partial charge in [0.25, 0.3) is 5.91 Å². The summed E-state index contributed by atoms with van der Waals surface area (Å²) >= 11 is 0. The second kappa shape index (κ2) is 5.99. The number of aryl methyl sites for hydroxylation is 2. The van der Waals surface area contributed by atoms with Gasteiger partial charge in [-0.1, -0.05) is 6.07 Å². The fourth-order valence-electron chi connectivity index (χ4n) is 1.61. The van der Waals surface area contributed by atoms with Crippen LogP contribution in [-0.4, -0.2) is 40.9 Å². The minimum absolute atomic E-state index is 0.339. The number of carboxylic acids is 1. The number of nitrogens with zero attached hydrogens (tertiary/aromatic N) is 1. The summed E-state index contributed by atoms with van der Waals surface area (Å²) < 4.78 is 0. The summed E-state index contributed by atoms with van der Waals surface area (Å²) in [5.74, 6) is -2.47. The third-order valence-corrected chi connectivity index (χ3v) is 2.71. The topological polar surface area (TPSA) is 101 Å². The molecule has 0 fully saturated rings. The number of amides is 2. The number of aliphatic carboxylic acids is 1. The van der Waals surface area contributed by atoms with Crippen molar-refractivity contribution < 1.29 is 19.5 Å². The molecule has 0 bridgehead atoms. The van der Waals surface area contributed by atoms with E-state index in [4.69, 9.17) is 10.8 Å². The lowest BCUT2D eigenvalue weighted by Gasteiger charge is -2.19. The quantitative estimate of drug-likeness (QED) is 0.799. The molecule has 2 amide bonds. The van der Waals surface area contributed by atoms with Crippen molar-refractivity contribution >= 4 is 17.8 Å². The Morgan fingerprint density at radius 3 is 2.26 bits per heavy atom. The van der Waals surface area contributed by atoms with Crippen LogP contribution in [0.25, 0.3) is 0 Å². The first-order valence-electron chi connectivity index (χ1n) is 5.68. The second-order valence-electron chi connectivity index (χ2n) is 4.32. The molecule has 0 saturated heterocycles. The van der Waals surface area contributed by atoms with E-state index in [0.717, 1.165) is 16.0 Å². The van der Waals surface area contributed by atoms with Gasteiger partial charge < -0.3 is 15.7 Å². The first kappa shape index (κ1) is 14.7. The molecule has 0 heterocycles. The van der Waals surface area contributed by atoms with Crippen LogP contribution in [0.4, 0.5) is 0 Å².